The quantitative estimate of drug-likeness (QED) is 0.485. The summed E-state index contributed by atoms with van der Waals surface area (Å²) in [6.07, 6.45) is 8.68. The first-order chi connectivity index (χ1) is 12.1. The van der Waals surface area contributed by atoms with E-state index in [4.69, 9.17) is 9.52 Å². The van der Waals surface area contributed by atoms with Gasteiger partial charge in [0.2, 0.25) is 5.89 Å². The van der Waals surface area contributed by atoms with Crippen molar-refractivity contribution in [1.82, 2.24) is 20.4 Å². The number of hydrogen-bond donors (Lipinski definition) is 1. The summed E-state index contributed by atoms with van der Waals surface area (Å²) in [7, 11) is 0. The second-order valence-electron chi connectivity index (χ2n) is 7.92. The van der Waals surface area contributed by atoms with Gasteiger partial charge in [-0.1, -0.05) is 31.8 Å². The summed E-state index contributed by atoms with van der Waals surface area (Å²) in [6, 6.07) is 0. The van der Waals surface area contributed by atoms with Gasteiger partial charge in [-0.3, -0.25) is 4.99 Å². The van der Waals surface area contributed by atoms with Gasteiger partial charge in [-0.2, -0.15) is 4.98 Å². The Kier molecular flexibility index (Phi) is 5.97. The molecular weight excluding hydrogens is 314 g/mol. The fourth-order valence-corrected chi connectivity index (χ4v) is 4.09. The molecule has 0 atom stereocenters. The van der Waals surface area contributed by atoms with Gasteiger partial charge in [-0.05, 0) is 38.0 Å². The number of nitrogens with one attached hydrogen (secondary N) is 1. The SMILES string of the molecule is CCNC(=NCCCc1nc(C(C)C)no1)N1CCC2(CCCC2)C1. The minimum Gasteiger partial charge on any atom is -0.357 e. The smallest absolute Gasteiger partial charge is 0.226 e. The van der Waals surface area contributed by atoms with E-state index < -0.39 is 0 Å². The summed E-state index contributed by atoms with van der Waals surface area (Å²) in [6.45, 7) is 10.3. The van der Waals surface area contributed by atoms with Crippen LogP contribution in [-0.4, -0.2) is 47.2 Å². The molecule has 2 aliphatic rings. The van der Waals surface area contributed by atoms with Crippen molar-refractivity contribution >= 4 is 5.96 Å². The van der Waals surface area contributed by atoms with Gasteiger partial charge in [0, 0.05) is 38.5 Å². The Morgan fingerprint density at radius 3 is 2.80 bits per heavy atom. The first-order valence-electron chi connectivity index (χ1n) is 9.98. The van der Waals surface area contributed by atoms with E-state index in [1.807, 2.05) is 0 Å². The summed E-state index contributed by atoms with van der Waals surface area (Å²) >= 11 is 0. The van der Waals surface area contributed by atoms with E-state index in [1.165, 1.54) is 38.6 Å². The van der Waals surface area contributed by atoms with Crippen LogP contribution in [0.4, 0.5) is 0 Å². The van der Waals surface area contributed by atoms with Crippen molar-refractivity contribution in [2.75, 3.05) is 26.2 Å². The van der Waals surface area contributed by atoms with Crippen molar-refractivity contribution in [3.05, 3.63) is 11.7 Å². The topological polar surface area (TPSA) is 66.5 Å². The summed E-state index contributed by atoms with van der Waals surface area (Å²) in [4.78, 5) is 11.8. The maximum absolute atomic E-state index is 5.31. The van der Waals surface area contributed by atoms with Crippen LogP contribution in [0.25, 0.3) is 0 Å². The molecule has 1 saturated heterocycles. The lowest BCUT2D eigenvalue weighted by molar-refractivity contribution is 0.309. The highest BCUT2D eigenvalue weighted by Gasteiger charge is 2.41. The van der Waals surface area contributed by atoms with Crippen molar-refractivity contribution < 1.29 is 4.52 Å². The van der Waals surface area contributed by atoms with Crippen LogP contribution >= 0.6 is 0 Å². The van der Waals surface area contributed by atoms with E-state index in [0.717, 1.165) is 50.2 Å². The van der Waals surface area contributed by atoms with Gasteiger partial charge in [-0.15, -0.1) is 0 Å². The zero-order valence-electron chi connectivity index (χ0n) is 16.1. The number of aryl methyl sites for hydroxylation is 1. The molecular formula is C19H33N5O. The third kappa shape index (κ3) is 4.53. The fraction of sp³-hybridized carbons (Fsp3) is 0.842. The molecule has 6 nitrogen and oxygen atoms in total. The molecule has 1 N–H and O–H groups in total. The zero-order chi connectivity index (χ0) is 17.7. The number of aliphatic imine (C=N–C) groups is 1. The molecule has 0 aromatic carbocycles. The lowest BCUT2D eigenvalue weighted by Gasteiger charge is -2.25. The van der Waals surface area contributed by atoms with Crippen molar-refractivity contribution in [3.8, 4) is 0 Å². The van der Waals surface area contributed by atoms with Gasteiger partial charge in [0.15, 0.2) is 11.8 Å². The largest absolute Gasteiger partial charge is 0.357 e. The van der Waals surface area contributed by atoms with Crippen LogP contribution in [0, 0.1) is 5.41 Å². The molecule has 1 aliphatic carbocycles. The summed E-state index contributed by atoms with van der Waals surface area (Å²) < 4.78 is 5.31. The van der Waals surface area contributed by atoms with Crippen molar-refractivity contribution in [3.63, 3.8) is 0 Å². The number of hydrogen-bond acceptors (Lipinski definition) is 4. The van der Waals surface area contributed by atoms with Gasteiger partial charge in [0.1, 0.15) is 0 Å². The highest BCUT2D eigenvalue weighted by atomic mass is 16.5. The molecule has 25 heavy (non-hydrogen) atoms. The Bertz CT molecular complexity index is 574. The van der Waals surface area contributed by atoms with Crippen LogP contribution in [0.2, 0.25) is 0 Å². The molecule has 2 heterocycles. The number of aromatic nitrogens is 2. The molecule has 1 aromatic heterocycles. The van der Waals surface area contributed by atoms with E-state index >= 15 is 0 Å². The van der Waals surface area contributed by atoms with Crippen LogP contribution in [-0.2, 0) is 6.42 Å². The molecule has 2 fully saturated rings. The molecule has 1 aliphatic heterocycles. The maximum Gasteiger partial charge on any atom is 0.226 e. The van der Waals surface area contributed by atoms with Crippen LogP contribution < -0.4 is 5.32 Å². The summed E-state index contributed by atoms with van der Waals surface area (Å²) in [5.41, 5.74) is 0.577. The lowest BCUT2D eigenvalue weighted by atomic mass is 9.86. The van der Waals surface area contributed by atoms with Crippen molar-refractivity contribution in [2.24, 2.45) is 10.4 Å². The summed E-state index contributed by atoms with van der Waals surface area (Å²) in [5.74, 6) is 2.93. The predicted molar refractivity (Wildman–Crippen MR) is 99.8 cm³/mol. The third-order valence-electron chi connectivity index (χ3n) is 5.55. The van der Waals surface area contributed by atoms with Gasteiger partial charge in [0.25, 0.3) is 0 Å². The van der Waals surface area contributed by atoms with Crippen molar-refractivity contribution in [2.45, 2.75) is 71.6 Å². The molecule has 6 heteroatoms. The normalized spacial score (nSPS) is 20.2. The predicted octanol–water partition coefficient (Wildman–Crippen LogP) is 3.36. The third-order valence-corrected chi connectivity index (χ3v) is 5.55. The Morgan fingerprint density at radius 2 is 2.12 bits per heavy atom. The van der Waals surface area contributed by atoms with E-state index in [9.17, 15) is 0 Å². The summed E-state index contributed by atoms with van der Waals surface area (Å²) in [5, 5.41) is 7.49. The zero-order valence-corrected chi connectivity index (χ0v) is 16.1. The lowest BCUT2D eigenvalue weighted by Crippen LogP contribution is -2.41. The molecule has 0 amide bonds. The van der Waals surface area contributed by atoms with Gasteiger partial charge < -0.3 is 14.7 Å². The number of nitrogens with zero attached hydrogens (tertiary/aromatic N) is 4. The number of rotatable bonds is 6. The van der Waals surface area contributed by atoms with Crippen LogP contribution in [0.5, 0.6) is 0 Å². The molecule has 140 valence electrons. The minimum absolute atomic E-state index is 0.314. The standard InChI is InChI=1S/C19H33N5O/c1-4-20-18(24-13-11-19(14-24)9-5-6-10-19)21-12-7-8-16-22-17(15(2)3)23-25-16/h15H,4-14H2,1-3H3,(H,20,21). The minimum atomic E-state index is 0.314. The van der Waals surface area contributed by atoms with E-state index in [-0.39, 0.29) is 0 Å². The van der Waals surface area contributed by atoms with Gasteiger partial charge in [0.05, 0.1) is 0 Å². The molecule has 1 saturated carbocycles. The molecule has 0 radical (unpaired) electrons. The molecule has 1 aromatic rings. The van der Waals surface area contributed by atoms with Gasteiger partial charge in [-0.25, -0.2) is 0 Å². The Labute approximate surface area is 151 Å². The molecule has 3 rings (SSSR count). The van der Waals surface area contributed by atoms with E-state index in [1.54, 1.807) is 0 Å². The van der Waals surface area contributed by atoms with Crippen LogP contribution in [0.1, 0.15) is 76.9 Å². The Morgan fingerprint density at radius 1 is 1.32 bits per heavy atom. The average Bonchev–Trinajstić information content (AvgIpc) is 3.33. The fourth-order valence-electron chi connectivity index (χ4n) is 4.09. The molecule has 1 spiro atoms. The second kappa shape index (κ2) is 8.19. The highest BCUT2D eigenvalue weighted by molar-refractivity contribution is 5.80. The maximum atomic E-state index is 5.31. The van der Waals surface area contributed by atoms with Crippen LogP contribution in [0.15, 0.2) is 9.52 Å². The number of guanidine groups is 1. The number of likely N-dealkylation sites (tertiary alicyclic amines) is 1. The monoisotopic (exact) mass is 347 g/mol. The molecule has 0 unspecified atom stereocenters. The Balaban J connectivity index is 1.50. The first-order valence-corrected chi connectivity index (χ1v) is 9.98. The van der Waals surface area contributed by atoms with E-state index in [2.05, 4.69) is 41.1 Å². The van der Waals surface area contributed by atoms with Gasteiger partial charge >= 0.3 is 0 Å². The second-order valence-corrected chi connectivity index (χ2v) is 7.92. The molecule has 0 bridgehead atoms. The average molecular weight is 348 g/mol. The van der Waals surface area contributed by atoms with E-state index in [0.29, 0.717) is 11.3 Å². The Hall–Kier alpha value is -1.59. The first kappa shape index (κ1) is 18.2. The van der Waals surface area contributed by atoms with Crippen LogP contribution in [0.3, 0.4) is 0 Å². The highest BCUT2D eigenvalue weighted by Crippen LogP contribution is 2.45. The van der Waals surface area contributed by atoms with Crippen molar-refractivity contribution in [1.29, 1.82) is 0 Å².